The maximum atomic E-state index is 14.1. The lowest BCUT2D eigenvalue weighted by molar-refractivity contribution is 0.343. The van der Waals surface area contributed by atoms with Crippen LogP contribution in [0.5, 0.6) is 0 Å². The highest BCUT2D eigenvalue weighted by atomic mass is 19.3. The van der Waals surface area contributed by atoms with E-state index >= 15 is 0 Å². The minimum absolute atomic E-state index is 0.00959. The van der Waals surface area contributed by atoms with E-state index in [2.05, 4.69) is 18.8 Å². The number of halogens is 4. The van der Waals surface area contributed by atoms with Gasteiger partial charge in [0.1, 0.15) is 11.6 Å². The van der Waals surface area contributed by atoms with Gasteiger partial charge in [0.15, 0.2) is 0 Å². The summed E-state index contributed by atoms with van der Waals surface area (Å²) in [6.07, 6.45) is 5.67. The van der Waals surface area contributed by atoms with Gasteiger partial charge in [-0.2, -0.15) is 8.78 Å². The van der Waals surface area contributed by atoms with Gasteiger partial charge in [-0.3, -0.25) is 0 Å². The molecule has 1 aromatic carbocycles. The van der Waals surface area contributed by atoms with E-state index in [9.17, 15) is 17.6 Å². The molecule has 0 atom stereocenters. The lowest BCUT2D eigenvalue weighted by Gasteiger charge is -2.22. The van der Waals surface area contributed by atoms with Crippen molar-refractivity contribution in [2.24, 2.45) is 11.8 Å². The van der Waals surface area contributed by atoms with E-state index in [1.54, 1.807) is 0 Å². The Bertz CT molecular complexity index is 631. The Morgan fingerprint density at radius 2 is 1.72 bits per heavy atom. The van der Waals surface area contributed by atoms with E-state index in [-0.39, 0.29) is 17.4 Å². The van der Waals surface area contributed by atoms with Gasteiger partial charge in [0, 0.05) is 5.92 Å². The van der Waals surface area contributed by atoms with Gasteiger partial charge in [-0.05, 0) is 68.2 Å². The highest BCUT2D eigenvalue weighted by molar-refractivity contribution is 5.39. The van der Waals surface area contributed by atoms with Gasteiger partial charge in [0.05, 0.1) is 5.56 Å². The van der Waals surface area contributed by atoms with Gasteiger partial charge < -0.3 is 0 Å². The Morgan fingerprint density at radius 1 is 1.08 bits per heavy atom. The first-order chi connectivity index (χ1) is 12.0. The number of aryl methyl sites for hydroxylation is 1. The topological polar surface area (TPSA) is 0 Å². The second-order valence-corrected chi connectivity index (χ2v) is 6.73. The van der Waals surface area contributed by atoms with Gasteiger partial charge in [-0.15, -0.1) is 0 Å². The Labute approximate surface area is 147 Å². The number of rotatable bonds is 5. The summed E-state index contributed by atoms with van der Waals surface area (Å²) < 4.78 is 52.8. The molecule has 0 nitrogen and oxygen atoms in total. The van der Waals surface area contributed by atoms with Gasteiger partial charge >= 0.3 is 0 Å². The Morgan fingerprint density at radius 3 is 2.28 bits per heavy atom. The molecule has 0 unspecified atom stereocenters. The van der Waals surface area contributed by atoms with Gasteiger partial charge in [0.2, 0.25) is 0 Å². The standard InChI is InChI=1S/C21H24F4/c1-2-3-4-5-17-12-19(22)18(20(23)13-17)11-10-15-6-8-16(9-7-15)14-21(24)25/h12-16H,2-9H2,1H3. The third-order valence-corrected chi connectivity index (χ3v) is 4.71. The fourth-order valence-electron chi connectivity index (χ4n) is 3.25. The Hall–Kier alpha value is -1.76. The molecular weight excluding hydrogens is 328 g/mol. The first kappa shape index (κ1) is 19.6. The van der Waals surface area contributed by atoms with Gasteiger partial charge in [-0.25, -0.2) is 8.78 Å². The summed E-state index contributed by atoms with van der Waals surface area (Å²) in [6.45, 7) is 2.08. The van der Waals surface area contributed by atoms with Crippen molar-refractivity contribution in [1.29, 1.82) is 0 Å². The van der Waals surface area contributed by atoms with E-state index in [0.29, 0.717) is 37.7 Å². The van der Waals surface area contributed by atoms with Crippen molar-refractivity contribution in [3.63, 3.8) is 0 Å². The first-order valence-electron chi connectivity index (χ1n) is 9.01. The average Bonchev–Trinajstić information content (AvgIpc) is 2.55. The van der Waals surface area contributed by atoms with Crippen molar-refractivity contribution in [3.8, 4) is 11.8 Å². The Balaban J connectivity index is 1.99. The third kappa shape index (κ3) is 6.23. The maximum absolute atomic E-state index is 14.1. The molecule has 0 aliphatic heterocycles. The normalized spacial score (nSPS) is 19.9. The molecule has 0 aromatic heterocycles. The van der Waals surface area contributed by atoms with Crippen LogP contribution in [0.4, 0.5) is 17.6 Å². The molecule has 0 spiro atoms. The predicted octanol–water partition coefficient (Wildman–Crippen LogP) is 6.64. The molecular formula is C21H24F4. The second kappa shape index (κ2) is 9.65. The predicted molar refractivity (Wildman–Crippen MR) is 92.2 cm³/mol. The minimum Gasteiger partial charge on any atom is -0.206 e. The SMILES string of the molecule is CCCCCc1cc(F)c(C#CC2CCC(C=C(F)F)CC2)c(F)c1. The van der Waals surface area contributed by atoms with E-state index in [1.807, 2.05) is 0 Å². The molecule has 0 heterocycles. The summed E-state index contributed by atoms with van der Waals surface area (Å²) in [7, 11) is 0. The summed E-state index contributed by atoms with van der Waals surface area (Å²) in [4.78, 5) is 0. The zero-order valence-electron chi connectivity index (χ0n) is 14.6. The Kier molecular flexibility index (Phi) is 7.55. The van der Waals surface area contributed by atoms with Crippen LogP contribution in [0.25, 0.3) is 0 Å². The molecule has 0 N–H and O–H groups in total. The summed E-state index contributed by atoms with van der Waals surface area (Å²) in [5.41, 5.74) is 0.477. The summed E-state index contributed by atoms with van der Waals surface area (Å²) in [5, 5.41) is 0. The third-order valence-electron chi connectivity index (χ3n) is 4.71. The molecule has 0 amide bonds. The molecule has 0 saturated heterocycles. The molecule has 4 heteroatoms. The molecule has 25 heavy (non-hydrogen) atoms. The zero-order chi connectivity index (χ0) is 18.2. The molecule has 1 saturated carbocycles. The van der Waals surface area contributed by atoms with E-state index in [4.69, 9.17) is 0 Å². The van der Waals surface area contributed by atoms with Crippen molar-refractivity contribution >= 4 is 0 Å². The first-order valence-corrected chi connectivity index (χ1v) is 9.01. The fourth-order valence-corrected chi connectivity index (χ4v) is 3.25. The van der Waals surface area contributed by atoms with E-state index in [0.717, 1.165) is 25.3 Å². The van der Waals surface area contributed by atoms with Crippen LogP contribution >= 0.6 is 0 Å². The molecule has 1 aromatic rings. The molecule has 1 fully saturated rings. The molecule has 0 radical (unpaired) electrons. The van der Waals surface area contributed by atoms with Crippen LogP contribution in [-0.4, -0.2) is 0 Å². The van der Waals surface area contributed by atoms with Crippen LogP contribution < -0.4 is 0 Å². The van der Waals surface area contributed by atoms with Crippen LogP contribution in [-0.2, 0) is 6.42 Å². The van der Waals surface area contributed by atoms with Crippen LogP contribution in [0, 0.1) is 35.3 Å². The molecule has 2 rings (SSSR count). The second-order valence-electron chi connectivity index (χ2n) is 6.73. The summed E-state index contributed by atoms with van der Waals surface area (Å²) >= 11 is 0. The molecule has 1 aliphatic carbocycles. The number of benzene rings is 1. The zero-order valence-corrected chi connectivity index (χ0v) is 14.6. The lowest BCUT2D eigenvalue weighted by atomic mass is 9.82. The molecule has 1 aliphatic rings. The van der Waals surface area contributed by atoms with E-state index < -0.39 is 17.7 Å². The van der Waals surface area contributed by atoms with Crippen molar-refractivity contribution in [2.75, 3.05) is 0 Å². The largest absolute Gasteiger partial charge is 0.266 e. The highest BCUT2D eigenvalue weighted by Gasteiger charge is 2.19. The van der Waals surface area contributed by atoms with Crippen LogP contribution in [0.2, 0.25) is 0 Å². The van der Waals surface area contributed by atoms with Gasteiger partial charge in [0.25, 0.3) is 6.08 Å². The minimum atomic E-state index is -1.64. The number of hydrogen-bond donors (Lipinski definition) is 0. The van der Waals surface area contributed by atoms with Crippen molar-refractivity contribution in [2.45, 2.75) is 58.3 Å². The van der Waals surface area contributed by atoms with Crippen LogP contribution in [0.15, 0.2) is 24.3 Å². The van der Waals surface area contributed by atoms with Gasteiger partial charge in [-0.1, -0.05) is 31.6 Å². The molecule has 0 bridgehead atoms. The number of unbranched alkanes of at least 4 members (excludes halogenated alkanes) is 2. The quantitative estimate of drug-likeness (QED) is 0.317. The van der Waals surface area contributed by atoms with Crippen molar-refractivity contribution in [3.05, 3.63) is 47.1 Å². The van der Waals surface area contributed by atoms with Crippen LogP contribution in [0.3, 0.4) is 0 Å². The summed E-state index contributed by atoms with van der Waals surface area (Å²) in [5.74, 6) is 4.23. The van der Waals surface area contributed by atoms with Crippen molar-refractivity contribution in [1.82, 2.24) is 0 Å². The fraction of sp³-hybridized carbons (Fsp3) is 0.524. The smallest absolute Gasteiger partial charge is 0.206 e. The van der Waals surface area contributed by atoms with Crippen LogP contribution in [0.1, 0.15) is 63.0 Å². The molecule has 136 valence electrons. The number of allylic oxidation sites excluding steroid dienone is 1. The van der Waals surface area contributed by atoms with E-state index in [1.165, 1.54) is 12.1 Å². The average molecular weight is 352 g/mol. The highest BCUT2D eigenvalue weighted by Crippen LogP contribution is 2.30. The maximum Gasteiger partial charge on any atom is 0.266 e. The monoisotopic (exact) mass is 352 g/mol. The summed E-state index contributed by atoms with van der Waals surface area (Å²) in [6, 6.07) is 2.74. The number of hydrogen-bond acceptors (Lipinski definition) is 0. The lowest BCUT2D eigenvalue weighted by Crippen LogP contribution is -2.11. The van der Waals surface area contributed by atoms with Crippen molar-refractivity contribution < 1.29 is 17.6 Å².